The lowest BCUT2D eigenvalue weighted by atomic mass is 10.0. The van der Waals surface area contributed by atoms with Gasteiger partial charge in [0.25, 0.3) is 0 Å². The molecule has 3 heteroatoms. The summed E-state index contributed by atoms with van der Waals surface area (Å²) in [4.78, 5) is 4.84. The van der Waals surface area contributed by atoms with E-state index in [9.17, 15) is 4.39 Å². The molecule has 1 saturated heterocycles. The van der Waals surface area contributed by atoms with Gasteiger partial charge in [-0.15, -0.1) is 0 Å². The molecule has 0 aromatic heterocycles. The van der Waals surface area contributed by atoms with Crippen molar-refractivity contribution in [1.29, 1.82) is 0 Å². The van der Waals surface area contributed by atoms with Gasteiger partial charge in [-0.1, -0.05) is 25.8 Å². The average Bonchev–Trinajstić information content (AvgIpc) is 3.08. The average molecular weight is 304 g/mol. The van der Waals surface area contributed by atoms with E-state index in [-0.39, 0.29) is 5.82 Å². The van der Waals surface area contributed by atoms with Crippen molar-refractivity contribution in [2.75, 3.05) is 25.0 Å². The molecule has 0 atom stereocenters. The second kappa shape index (κ2) is 6.99. The zero-order valence-corrected chi connectivity index (χ0v) is 14.0. The van der Waals surface area contributed by atoms with Crippen molar-refractivity contribution < 1.29 is 4.39 Å². The smallest absolute Gasteiger partial charge is 0.146 e. The van der Waals surface area contributed by atoms with Gasteiger partial charge in [0, 0.05) is 25.2 Å². The van der Waals surface area contributed by atoms with Gasteiger partial charge < -0.3 is 9.80 Å². The lowest BCUT2D eigenvalue weighted by Crippen LogP contribution is -2.46. The Morgan fingerprint density at radius 1 is 1.09 bits per heavy atom. The first kappa shape index (κ1) is 15.8. The maximum absolute atomic E-state index is 14.3. The molecule has 122 valence electrons. The van der Waals surface area contributed by atoms with Crippen LogP contribution in [0.1, 0.15) is 51.0 Å². The van der Waals surface area contributed by atoms with E-state index in [0.717, 1.165) is 49.6 Å². The number of nitrogens with zero attached hydrogens (tertiary/aromatic N) is 2. The monoisotopic (exact) mass is 304 g/mol. The van der Waals surface area contributed by atoms with Crippen molar-refractivity contribution in [1.82, 2.24) is 4.90 Å². The zero-order chi connectivity index (χ0) is 15.5. The number of aryl methyl sites for hydroxylation is 1. The van der Waals surface area contributed by atoms with Crippen LogP contribution in [0.2, 0.25) is 0 Å². The van der Waals surface area contributed by atoms with Crippen molar-refractivity contribution in [2.24, 2.45) is 0 Å². The molecule has 1 aromatic rings. The molecule has 1 aliphatic heterocycles. The molecule has 1 saturated carbocycles. The predicted octanol–water partition coefficient (Wildman–Crippen LogP) is 4.23. The summed E-state index contributed by atoms with van der Waals surface area (Å²) in [6.07, 6.45) is 8.72. The minimum atomic E-state index is -0.0538. The number of rotatable bonds is 4. The Balaban J connectivity index is 1.59. The molecule has 0 radical (unpaired) electrons. The van der Waals surface area contributed by atoms with Crippen molar-refractivity contribution >= 4 is 5.69 Å². The van der Waals surface area contributed by atoms with Gasteiger partial charge in [0.1, 0.15) is 5.82 Å². The van der Waals surface area contributed by atoms with E-state index in [1.165, 1.54) is 25.7 Å². The molecule has 0 N–H and O–H groups in total. The van der Waals surface area contributed by atoms with Crippen molar-refractivity contribution in [2.45, 2.75) is 64.0 Å². The SMILES string of the molecule is CCc1ccc(N2CCC(N(C)C3CCCC3)CC2)c(F)c1. The molecular weight excluding hydrogens is 275 g/mol. The molecule has 3 rings (SSSR count). The largest absolute Gasteiger partial charge is 0.369 e. The molecule has 2 nitrogen and oxygen atoms in total. The lowest BCUT2D eigenvalue weighted by molar-refractivity contribution is 0.150. The third-order valence-corrected chi connectivity index (χ3v) is 5.70. The van der Waals surface area contributed by atoms with E-state index in [2.05, 4.69) is 29.8 Å². The molecule has 2 fully saturated rings. The van der Waals surface area contributed by atoms with Crippen molar-refractivity contribution in [3.8, 4) is 0 Å². The van der Waals surface area contributed by atoms with Crippen LogP contribution in [0.25, 0.3) is 0 Å². The van der Waals surface area contributed by atoms with E-state index < -0.39 is 0 Å². The van der Waals surface area contributed by atoms with E-state index in [1.807, 2.05) is 6.07 Å². The van der Waals surface area contributed by atoms with E-state index in [1.54, 1.807) is 6.07 Å². The second-order valence-electron chi connectivity index (χ2n) is 6.96. The van der Waals surface area contributed by atoms with E-state index in [0.29, 0.717) is 6.04 Å². The van der Waals surface area contributed by atoms with E-state index >= 15 is 0 Å². The van der Waals surface area contributed by atoms with Crippen LogP contribution in [0, 0.1) is 5.82 Å². The maximum atomic E-state index is 14.3. The third kappa shape index (κ3) is 3.29. The Labute approximate surface area is 134 Å². The Kier molecular flexibility index (Phi) is 5.02. The van der Waals surface area contributed by atoms with E-state index in [4.69, 9.17) is 0 Å². The van der Waals surface area contributed by atoms with Crippen LogP contribution in [0.15, 0.2) is 18.2 Å². The standard InChI is InChI=1S/C19H29FN2/c1-3-15-8-9-19(18(20)14-15)22-12-10-17(11-13-22)21(2)16-6-4-5-7-16/h8-9,14,16-17H,3-7,10-13H2,1-2H3. The van der Waals surface area contributed by atoms with Gasteiger partial charge in [-0.25, -0.2) is 4.39 Å². The summed E-state index contributed by atoms with van der Waals surface area (Å²) in [5.41, 5.74) is 1.87. The summed E-state index contributed by atoms with van der Waals surface area (Å²) in [6, 6.07) is 7.20. The number of anilines is 1. The number of hydrogen-bond donors (Lipinski definition) is 0. The Morgan fingerprint density at radius 2 is 1.73 bits per heavy atom. The van der Waals surface area contributed by atoms with Crippen LogP contribution in [0.3, 0.4) is 0 Å². The molecule has 1 aliphatic carbocycles. The molecule has 1 aromatic carbocycles. The minimum Gasteiger partial charge on any atom is -0.369 e. The van der Waals surface area contributed by atoms with Crippen molar-refractivity contribution in [3.05, 3.63) is 29.6 Å². The summed E-state index contributed by atoms with van der Waals surface area (Å²) in [5, 5.41) is 0. The summed E-state index contributed by atoms with van der Waals surface area (Å²) >= 11 is 0. The fourth-order valence-corrected chi connectivity index (χ4v) is 4.15. The van der Waals surface area contributed by atoms with Gasteiger partial charge in [0.15, 0.2) is 0 Å². The van der Waals surface area contributed by atoms with Crippen LogP contribution in [-0.4, -0.2) is 37.1 Å². The summed E-state index contributed by atoms with van der Waals surface area (Å²) in [5.74, 6) is -0.0538. The van der Waals surface area contributed by atoms with Crippen LogP contribution in [-0.2, 0) is 6.42 Å². The van der Waals surface area contributed by atoms with Gasteiger partial charge >= 0.3 is 0 Å². The first-order valence-corrected chi connectivity index (χ1v) is 8.94. The fraction of sp³-hybridized carbons (Fsp3) is 0.684. The van der Waals surface area contributed by atoms with Crippen LogP contribution in [0.5, 0.6) is 0 Å². The molecule has 0 amide bonds. The summed E-state index contributed by atoms with van der Waals surface area (Å²) in [7, 11) is 2.30. The molecule has 2 aliphatic rings. The maximum Gasteiger partial charge on any atom is 0.146 e. The zero-order valence-electron chi connectivity index (χ0n) is 14.0. The normalized spacial score (nSPS) is 21.0. The predicted molar refractivity (Wildman–Crippen MR) is 91.0 cm³/mol. The van der Waals surface area contributed by atoms with Gasteiger partial charge in [-0.05, 0) is 56.8 Å². The van der Waals surface area contributed by atoms with Gasteiger partial charge in [-0.3, -0.25) is 0 Å². The molecule has 0 bridgehead atoms. The highest BCUT2D eigenvalue weighted by atomic mass is 19.1. The summed E-state index contributed by atoms with van der Waals surface area (Å²) in [6.45, 7) is 4.02. The van der Waals surface area contributed by atoms with Crippen LogP contribution >= 0.6 is 0 Å². The van der Waals surface area contributed by atoms with Gasteiger partial charge in [0.05, 0.1) is 5.69 Å². The Hall–Kier alpha value is -1.09. The Morgan fingerprint density at radius 3 is 2.32 bits per heavy atom. The summed E-state index contributed by atoms with van der Waals surface area (Å²) < 4.78 is 14.3. The molecule has 0 spiro atoms. The number of piperidine rings is 1. The second-order valence-corrected chi connectivity index (χ2v) is 6.96. The van der Waals surface area contributed by atoms with Crippen molar-refractivity contribution in [3.63, 3.8) is 0 Å². The highest BCUT2D eigenvalue weighted by Crippen LogP contribution is 2.29. The third-order valence-electron chi connectivity index (χ3n) is 5.70. The first-order chi connectivity index (χ1) is 10.7. The van der Waals surface area contributed by atoms with Crippen LogP contribution < -0.4 is 4.90 Å². The lowest BCUT2D eigenvalue weighted by Gasteiger charge is -2.40. The molecule has 0 unspecified atom stereocenters. The van der Waals surface area contributed by atoms with Crippen LogP contribution in [0.4, 0.5) is 10.1 Å². The first-order valence-electron chi connectivity index (χ1n) is 8.94. The highest BCUT2D eigenvalue weighted by Gasteiger charge is 2.29. The number of halogens is 1. The molecule has 22 heavy (non-hydrogen) atoms. The quantitative estimate of drug-likeness (QED) is 0.821. The topological polar surface area (TPSA) is 6.48 Å². The molecular formula is C19H29FN2. The highest BCUT2D eigenvalue weighted by molar-refractivity contribution is 5.49. The number of hydrogen-bond acceptors (Lipinski definition) is 2. The fourth-order valence-electron chi connectivity index (χ4n) is 4.15. The minimum absolute atomic E-state index is 0.0538. The number of benzene rings is 1. The van der Waals surface area contributed by atoms with Gasteiger partial charge in [-0.2, -0.15) is 0 Å². The molecule has 1 heterocycles. The Bertz CT molecular complexity index is 488. The van der Waals surface area contributed by atoms with Gasteiger partial charge in [0.2, 0.25) is 0 Å².